The van der Waals surface area contributed by atoms with Crippen LogP contribution in [0.25, 0.3) is 0 Å². The first-order valence-electron chi connectivity index (χ1n) is 7.48. The van der Waals surface area contributed by atoms with Crippen LogP contribution >= 0.6 is 0 Å². The number of pyridine rings is 1. The number of hydrogen-bond donors (Lipinski definition) is 2. The summed E-state index contributed by atoms with van der Waals surface area (Å²) in [4.78, 5) is 18.1. The summed E-state index contributed by atoms with van der Waals surface area (Å²) in [5.41, 5.74) is 4.94. The Morgan fingerprint density at radius 1 is 1.52 bits per heavy atom. The number of carbonyl (C=O) groups is 1. The molecule has 2 rings (SSSR count). The third-order valence-electron chi connectivity index (χ3n) is 3.25. The Hall–Kier alpha value is -1.77. The molecule has 1 saturated heterocycles. The van der Waals surface area contributed by atoms with Crippen molar-refractivity contribution in [2.75, 3.05) is 31.9 Å². The maximum Gasteiger partial charge on any atom is 0.258 e. The Morgan fingerprint density at radius 2 is 2.30 bits per heavy atom. The molecule has 1 atom stereocenters. The van der Waals surface area contributed by atoms with Crippen molar-refractivity contribution in [3.63, 3.8) is 0 Å². The highest BCUT2D eigenvalue weighted by Crippen LogP contribution is 2.12. The van der Waals surface area contributed by atoms with Gasteiger partial charge in [-0.25, -0.2) is 9.37 Å². The van der Waals surface area contributed by atoms with Crippen molar-refractivity contribution in [3.05, 3.63) is 24.1 Å². The van der Waals surface area contributed by atoms with E-state index < -0.39 is 11.9 Å². The summed E-state index contributed by atoms with van der Waals surface area (Å²) < 4.78 is 23.9. The highest BCUT2D eigenvalue weighted by molar-refractivity contribution is 5.83. The zero-order chi connectivity index (χ0) is 16.9. The number of halogens is 1. The summed E-state index contributed by atoms with van der Waals surface area (Å²) in [6, 6.07) is 2.24. The minimum Gasteiger partial charge on any atom is -0.378 e. The van der Waals surface area contributed by atoms with Crippen LogP contribution in [0.5, 0.6) is 0 Å². The van der Waals surface area contributed by atoms with Crippen LogP contribution in [-0.4, -0.2) is 53.9 Å². The van der Waals surface area contributed by atoms with Gasteiger partial charge < -0.3 is 9.47 Å². The highest BCUT2D eigenvalue weighted by Gasteiger charge is 2.30. The summed E-state index contributed by atoms with van der Waals surface area (Å²) in [6.45, 7) is 7.70. The molecule has 2 heterocycles. The fourth-order valence-electron chi connectivity index (χ4n) is 1.97. The molecule has 1 fully saturated rings. The van der Waals surface area contributed by atoms with Gasteiger partial charge in [0.05, 0.1) is 25.0 Å². The van der Waals surface area contributed by atoms with E-state index in [-0.39, 0.29) is 18.1 Å². The fraction of sp³-hybridized carbons (Fsp3) is 0.600. The predicted molar refractivity (Wildman–Crippen MR) is 83.0 cm³/mol. The van der Waals surface area contributed by atoms with Crippen LogP contribution in [0, 0.1) is 5.82 Å². The Morgan fingerprint density at radius 3 is 2.96 bits per heavy atom. The van der Waals surface area contributed by atoms with Gasteiger partial charge in [-0.05, 0) is 32.9 Å². The van der Waals surface area contributed by atoms with E-state index in [1.165, 1.54) is 12.1 Å². The molecule has 2 N–H and O–H groups in total. The summed E-state index contributed by atoms with van der Waals surface area (Å²) >= 11 is 0. The number of hydrazine groups is 1. The minimum absolute atomic E-state index is 0.256. The van der Waals surface area contributed by atoms with E-state index in [4.69, 9.17) is 9.47 Å². The summed E-state index contributed by atoms with van der Waals surface area (Å²) in [5.74, 6) is -0.338. The summed E-state index contributed by atoms with van der Waals surface area (Å²) in [5, 5.41) is 0. The zero-order valence-electron chi connectivity index (χ0n) is 13.6. The third-order valence-corrected chi connectivity index (χ3v) is 3.25. The Kier molecular flexibility index (Phi) is 5.86. The van der Waals surface area contributed by atoms with Crippen LogP contribution in [0.2, 0.25) is 0 Å². The largest absolute Gasteiger partial charge is 0.378 e. The number of anilines is 1. The summed E-state index contributed by atoms with van der Waals surface area (Å²) in [6.07, 6.45) is 1.07. The molecule has 0 spiro atoms. The molecule has 0 bridgehead atoms. The molecule has 1 amide bonds. The van der Waals surface area contributed by atoms with Gasteiger partial charge in [-0.3, -0.25) is 20.5 Å². The first-order valence-corrected chi connectivity index (χ1v) is 7.48. The van der Waals surface area contributed by atoms with E-state index in [1.807, 2.05) is 25.7 Å². The van der Waals surface area contributed by atoms with Gasteiger partial charge in [-0.15, -0.1) is 0 Å². The van der Waals surface area contributed by atoms with Crippen molar-refractivity contribution in [1.29, 1.82) is 0 Å². The number of amides is 1. The van der Waals surface area contributed by atoms with E-state index >= 15 is 0 Å². The third kappa shape index (κ3) is 5.74. The number of carbonyl (C=O) groups excluding carboxylic acids is 1. The van der Waals surface area contributed by atoms with Gasteiger partial charge in [0.1, 0.15) is 24.4 Å². The second kappa shape index (κ2) is 7.67. The molecule has 0 saturated carbocycles. The van der Waals surface area contributed by atoms with Crippen LogP contribution in [0.1, 0.15) is 20.8 Å². The number of hydrogen-bond acceptors (Lipinski definition) is 6. The topological polar surface area (TPSA) is 75.7 Å². The minimum atomic E-state index is -0.459. The van der Waals surface area contributed by atoms with Crippen LogP contribution < -0.4 is 10.9 Å². The van der Waals surface area contributed by atoms with E-state index in [9.17, 15) is 9.18 Å². The number of ether oxygens (including phenoxy) is 2. The molecule has 0 aromatic carbocycles. The van der Waals surface area contributed by atoms with Crippen molar-refractivity contribution in [2.24, 2.45) is 0 Å². The van der Waals surface area contributed by atoms with Gasteiger partial charge >= 0.3 is 0 Å². The van der Waals surface area contributed by atoms with E-state index in [2.05, 4.69) is 15.8 Å². The molecule has 0 radical (unpaired) electrons. The molecule has 1 aromatic rings. The van der Waals surface area contributed by atoms with Gasteiger partial charge in [0.2, 0.25) is 0 Å². The Labute approximate surface area is 135 Å². The number of rotatable bonds is 5. The smallest absolute Gasteiger partial charge is 0.258 e. The lowest BCUT2D eigenvalue weighted by molar-refractivity contribution is -0.144. The van der Waals surface area contributed by atoms with Crippen LogP contribution in [0.3, 0.4) is 0 Å². The quantitative estimate of drug-likeness (QED) is 0.790. The Balaban J connectivity index is 1.88. The van der Waals surface area contributed by atoms with Gasteiger partial charge in [0.15, 0.2) is 0 Å². The van der Waals surface area contributed by atoms with Crippen LogP contribution in [0.4, 0.5) is 10.2 Å². The molecule has 1 aromatic heterocycles. The second-order valence-corrected chi connectivity index (χ2v) is 6.26. The lowest BCUT2D eigenvalue weighted by Crippen LogP contribution is -2.55. The first-order chi connectivity index (χ1) is 10.8. The normalized spacial score (nSPS) is 19.4. The van der Waals surface area contributed by atoms with E-state index in [0.717, 1.165) is 6.20 Å². The standard InChI is InChI=1S/C15H23FN4O3/c1-15(2,3)23-10-20-6-7-22-9-12(20)14(21)19-18-13-5-4-11(16)8-17-13/h4-5,8,12H,6-7,9-10H2,1-3H3,(H,17,18)(H,19,21). The SMILES string of the molecule is CC(C)(C)OCN1CCOCC1C(=O)NNc1ccc(F)cn1. The molecule has 1 aliphatic rings. The molecule has 8 heteroatoms. The number of morpholine rings is 1. The second-order valence-electron chi connectivity index (χ2n) is 6.26. The highest BCUT2D eigenvalue weighted by atomic mass is 19.1. The maximum atomic E-state index is 12.8. The molecule has 1 aliphatic heterocycles. The fourth-order valence-corrected chi connectivity index (χ4v) is 1.97. The van der Waals surface area contributed by atoms with Gasteiger partial charge in [-0.2, -0.15) is 0 Å². The monoisotopic (exact) mass is 326 g/mol. The maximum absolute atomic E-state index is 12.8. The molecule has 7 nitrogen and oxygen atoms in total. The lowest BCUT2D eigenvalue weighted by Gasteiger charge is -2.35. The number of nitrogens with zero attached hydrogens (tertiary/aromatic N) is 2. The van der Waals surface area contributed by atoms with Gasteiger partial charge in [-0.1, -0.05) is 0 Å². The van der Waals surface area contributed by atoms with E-state index in [1.54, 1.807) is 0 Å². The van der Waals surface area contributed by atoms with Crippen molar-refractivity contribution in [1.82, 2.24) is 15.3 Å². The molecule has 23 heavy (non-hydrogen) atoms. The predicted octanol–water partition coefficient (Wildman–Crippen LogP) is 1.14. The molecule has 0 aliphatic carbocycles. The Bertz CT molecular complexity index is 518. The number of aromatic nitrogens is 1. The lowest BCUT2D eigenvalue weighted by atomic mass is 10.2. The van der Waals surface area contributed by atoms with Crippen LogP contribution in [0.15, 0.2) is 18.3 Å². The molecule has 128 valence electrons. The van der Waals surface area contributed by atoms with Crippen molar-refractivity contribution >= 4 is 11.7 Å². The first kappa shape index (κ1) is 17.6. The van der Waals surface area contributed by atoms with Crippen molar-refractivity contribution in [3.8, 4) is 0 Å². The molecular weight excluding hydrogens is 303 g/mol. The van der Waals surface area contributed by atoms with Gasteiger partial charge in [0, 0.05) is 6.54 Å². The zero-order valence-corrected chi connectivity index (χ0v) is 13.6. The average Bonchev–Trinajstić information content (AvgIpc) is 2.52. The molecular formula is C15H23FN4O3. The molecule has 1 unspecified atom stereocenters. The van der Waals surface area contributed by atoms with Gasteiger partial charge in [0.25, 0.3) is 5.91 Å². The van der Waals surface area contributed by atoms with Crippen molar-refractivity contribution < 1.29 is 18.7 Å². The summed E-state index contributed by atoms with van der Waals surface area (Å²) in [7, 11) is 0. The van der Waals surface area contributed by atoms with Crippen LogP contribution in [-0.2, 0) is 14.3 Å². The number of nitrogens with one attached hydrogen (secondary N) is 2. The van der Waals surface area contributed by atoms with Crippen molar-refractivity contribution in [2.45, 2.75) is 32.4 Å². The van der Waals surface area contributed by atoms with E-state index in [0.29, 0.717) is 25.7 Å². The average molecular weight is 326 g/mol.